The van der Waals surface area contributed by atoms with Crippen LogP contribution in [0.1, 0.15) is 103 Å². The molecule has 3 N–H and O–H groups in total. The van der Waals surface area contributed by atoms with E-state index in [-0.39, 0.29) is 35.5 Å². The molecule has 4 aliphatic rings. The van der Waals surface area contributed by atoms with Crippen LogP contribution in [0.3, 0.4) is 0 Å². The van der Waals surface area contributed by atoms with Gasteiger partial charge in [-0.05, 0) is 38.5 Å². The van der Waals surface area contributed by atoms with E-state index in [1.165, 1.54) is 19.3 Å². The number of carbonyl (C=O) groups excluding carboxylic acids is 3. The van der Waals surface area contributed by atoms with Gasteiger partial charge in [0, 0.05) is 29.9 Å². The lowest BCUT2D eigenvalue weighted by Crippen LogP contribution is -2.39. The average molecular weight is 442 g/mol. The molecule has 0 aromatic heterocycles. The number of nitrogens with one attached hydrogen (secondary N) is 3. The Kier molecular flexibility index (Phi) is 8.04. The van der Waals surface area contributed by atoms with Gasteiger partial charge in [-0.3, -0.25) is 14.4 Å². The van der Waals surface area contributed by atoms with Gasteiger partial charge in [0.25, 0.3) is 0 Å². The minimum Gasteiger partial charge on any atom is -0.327 e. The lowest BCUT2D eigenvalue weighted by atomic mass is 9.88. The van der Waals surface area contributed by atoms with Crippen molar-refractivity contribution >= 4 is 17.7 Å². The molecule has 0 atom stereocenters. The van der Waals surface area contributed by atoms with Gasteiger partial charge in [0.2, 0.25) is 17.7 Å². The molecule has 4 rings (SSSR count). The molecule has 6 heteroatoms. The standard InChI is InChI=1S/C26H39N3O3/c30-24(18-10-4-1-5-11-18)27-21-16-17-22(28-25(31)19-12-6-2-7-13-19)23(21)29-26(32)20-14-8-3-9-15-20/h16,18-20H,1-15,17H2,(H,27,30)(H,28,31)(H,29,32). The summed E-state index contributed by atoms with van der Waals surface area (Å²) in [5, 5.41) is 9.31. The summed E-state index contributed by atoms with van der Waals surface area (Å²) in [6.07, 6.45) is 18.2. The molecule has 6 nitrogen and oxygen atoms in total. The summed E-state index contributed by atoms with van der Waals surface area (Å²) < 4.78 is 0. The first-order valence-electron chi connectivity index (χ1n) is 13.0. The Bertz CT molecular complexity index is 767. The molecule has 3 fully saturated rings. The second kappa shape index (κ2) is 11.2. The lowest BCUT2D eigenvalue weighted by Gasteiger charge is -2.25. The number of carbonyl (C=O) groups is 3. The minimum absolute atomic E-state index is 0.0162. The summed E-state index contributed by atoms with van der Waals surface area (Å²) in [6, 6.07) is 0. The molecule has 176 valence electrons. The van der Waals surface area contributed by atoms with Crippen molar-refractivity contribution in [2.75, 3.05) is 0 Å². The van der Waals surface area contributed by atoms with Crippen molar-refractivity contribution in [3.8, 4) is 0 Å². The van der Waals surface area contributed by atoms with Crippen LogP contribution in [-0.2, 0) is 14.4 Å². The van der Waals surface area contributed by atoms with Gasteiger partial charge in [0.1, 0.15) is 0 Å². The maximum absolute atomic E-state index is 13.0. The molecule has 0 saturated heterocycles. The van der Waals surface area contributed by atoms with Crippen LogP contribution in [0.15, 0.2) is 23.2 Å². The van der Waals surface area contributed by atoms with Crippen molar-refractivity contribution in [3.63, 3.8) is 0 Å². The highest BCUT2D eigenvalue weighted by atomic mass is 16.2. The van der Waals surface area contributed by atoms with Crippen LogP contribution in [0.5, 0.6) is 0 Å². The minimum atomic E-state index is 0.0162. The molecule has 0 spiro atoms. The van der Waals surface area contributed by atoms with Crippen LogP contribution >= 0.6 is 0 Å². The third-order valence-corrected chi connectivity index (χ3v) is 7.79. The third kappa shape index (κ3) is 5.81. The SMILES string of the molecule is O=C(NC1=CCC(NC(=O)C2CCCCC2)=C1NC(=O)C1CCCCC1)C1CCCCC1. The molecule has 3 saturated carbocycles. The fourth-order valence-corrected chi connectivity index (χ4v) is 5.75. The Hall–Kier alpha value is -2.11. The Morgan fingerprint density at radius 3 is 1.44 bits per heavy atom. The summed E-state index contributed by atoms with van der Waals surface area (Å²) in [7, 11) is 0. The number of hydrogen-bond acceptors (Lipinski definition) is 3. The highest BCUT2D eigenvalue weighted by molar-refractivity contribution is 5.86. The van der Waals surface area contributed by atoms with Crippen LogP contribution in [0.4, 0.5) is 0 Å². The van der Waals surface area contributed by atoms with Crippen LogP contribution in [0.25, 0.3) is 0 Å². The third-order valence-electron chi connectivity index (χ3n) is 7.79. The first-order chi connectivity index (χ1) is 15.6. The van der Waals surface area contributed by atoms with Crippen molar-refractivity contribution < 1.29 is 14.4 Å². The molecule has 0 heterocycles. The molecule has 0 aliphatic heterocycles. The number of allylic oxidation sites excluding steroid dienone is 1. The summed E-state index contributed by atoms with van der Waals surface area (Å²) in [5.74, 6) is 0.220. The number of amides is 3. The van der Waals surface area contributed by atoms with Gasteiger partial charge in [-0.25, -0.2) is 0 Å². The first kappa shape index (κ1) is 23.1. The summed E-state index contributed by atoms with van der Waals surface area (Å²) in [4.78, 5) is 38.8. The van der Waals surface area contributed by atoms with Crippen molar-refractivity contribution in [2.24, 2.45) is 17.8 Å². The van der Waals surface area contributed by atoms with Crippen LogP contribution in [0, 0.1) is 17.8 Å². The fourth-order valence-electron chi connectivity index (χ4n) is 5.75. The van der Waals surface area contributed by atoms with Gasteiger partial charge < -0.3 is 16.0 Å². The van der Waals surface area contributed by atoms with Crippen LogP contribution in [-0.4, -0.2) is 17.7 Å². The first-order valence-corrected chi connectivity index (χ1v) is 13.0. The van der Waals surface area contributed by atoms with Crippen LogP contribution < -0.4 is 16.0 Å². The van der Waals surface area contributed by atoms with E-state index in [9.17, 15) is 14.4 Å². The summed E-state index contributed by atoms with van der Waals surface area (Å²) in [5.41, 5.74) is 1.99. The van der Waals surface area contributed by atoms with Crippen molar-refractivity contribution in [3.05, 3.63) is 23.2 Å². The Balaban J connectivity index is 1.46. The molecule has 32 heavy (non-hydrogen) atoms. The van der Waals surface area contributed by atoms with Gasteiger partial charge in [0.05, 0.1) is 11.4 Å². The molecule has 0 aromatic rings. The predicted octanol–water partition coefficient (Wildman–Crippen LogP) is 4.58. The Labute approximate surface area is 192 Å². The van der Waals surface area contributed by atoms with E-state index in [2.05, 4.69) is 16.0 Å². The highest BCUT2D eigenvalue weighted by Crippen LogP contribution is 2.29. The van der Waals surface area contributed by atoms with Gasteiger partial charge in [0.15, 0.2) is 0 Å². The second-order valence-corrected chi connectivity index (χ2v) is 10.1. The van der Waals surface area contributed by atoms with Crippen molar-refractivity contribution in [2.45, 2.75) is 103 Å². The molecule has 4 aliphatic carbocycles. The summed E-state index contributed by atoms with van der Waals surface area (Å²) in [6.45, 7) is 0. The van der Waals surface area contributed by atoms with E-state index in [4.69, 9.17) is 0 Å². The Morgan fingerprint density at radius 2 is 0.969 bits per heavy atom. The quantitative estimate of drug-likeness (QED) is 0.564. The van der Waals surface area contributed by atoms with Crippen molar-refractivity contribution in [1.29, 1.82) is 0 Å². The molecular weight excluding hydrogens is 402 g/mol. The van der Waals surface area contributed by atoms with Gasteiger partial charge in [-0.15, -0.1) is 0 Å². The largest absolute Gasteiger partial charge is 0.327 e. The molecule has 0 radical (unpaired) electrons. The van der Waals surface area contributed by atoms with Gasteiger partial charge in [-0.1, -0.05) is 63.9 Å². The smallest absolute Gasteiger partial charge is 0.227 e. The van der Waals surface area contributed by atoms with E-state index in [1.54, 1.807) is 0 Å². The fraction of sp³-hybridized carbons (Fsp3) is 0.731. The molecule has 0 aromatic carbocycles. The van der Waals surface area contributed by atoms with E-state index in [1.807, 2.05) is 6.08 Å². The lowest BCUT2D eigenvalue weighted by molar-refractivity contribution is -0.126. The zero-order valence-electron chi connectivity index (χ0n) is 19.3. The van der Waals surface area contributed by atoms with E-state index < -0.39 is 0 Å². The van der Waals surface area contributed by atoms with E-state index in [0.29, 0.717) is 17.8 Å². The topological polar surface area (TPSA) is 87.3 Å². The molecule has 3 amide bonds. The van der Waals surface area contributed by atoms with E-state index in [0.717, 1.165) is 82.7 Å². The number of rotatable bonds is 6. The van der Waals surface area contributed by atoms with Crippen molar-refractivity contribution in [1.82, 2.24) is 16.0 Å². The predicted molar refractivity (Wildman–Crippen MR) is 124 cm³/mol. The monoisotopic (exact) mass is 441 g/mol. The molecular formula is C26H39N3O3. The summed E-state index contributed by atoms with van der Waals surface area (Å²) >= 11 is 0. The molecule has 0 bridgehead atoms. The zero-order chi connectivity index (χ0) is 22.3. The second-order valence-electron chi connectivity index (χ2n) is 10.1. The van der Waals surface area contributed by atoms with Gasteiger partial charge in [-0.2, -0.15) is 0 Å². The van der Waals surface area contributed by atoms with E-state index >= 15 is 0 Å². The molecule has 0 unspecified atom stereocenters. The zero-order valence-corrected chi connectivity index (χ0v) is 19.3. The van der Waals surface area contributed by atoms with Crippen LogP contribution in [0.2, 0.25) is 0 Å². The highest BCUT2D eigenvalue weighted by Gasteiger charge is 2.30. The number of hydrogen-bond donors (Lipinski definition) is 3. The van der Waals surface area contributed by atoms with Gasteiger partial charge >= 0.3 is 0 Å². The average Bonchev–Trinajstić information content (AvgIpc) is 3.21. The maximum Gasteiger partial charge on any atom is 0.227 e. The normalized spacial score (nSPS) is 23.6. The maximum atomic E-state index is 13.0. The Morgan fingerprint density at radius 1 is 0.562 bits per heavy atom.